The standard InChI is InChI=1S/C19H21F2NO2/c1-4-18(23)22-16-7-5-6-13(3)15(16)11-24-17-9-8-12(2)10-14(17)19(20)21/h5-10,19H,4,11H2,1-3H3,(H,22,23). The molecule has 2 aromatic rings. The van der Waals surface area contributed by atoms with Crippen molar-refractivity contribution in [3.63, 3.8) is 0 Å². The number of hydrogen-bond donors (Lipinski definition) is 1. The van der Waals surface area contributed by atoms with Gasteiger partial charge in [-0.15, -0.1) is 0 Å². The molecular formula is C19H21F2NO2. The largest absolute Gasteiger partial charge is 0.488 e. The molecule has 0 saturated carbocycles. The fraction of sp³-hybridized carbons (Fsp3) is 0.316. The summed E-state index contributed by atoms with van der Waals surface area (Å²) in [6.45, 7) is 5.52. The quantitative estimate of drug-likeness (QED) is 0.792. The number of nitrogens with one attached hydrogen (secondary N) is 1. The zero-order valence-corrected chi connectivity index (χ0v) is 14.0. The summed E-state index contributed by atoms with van der Waals surface area (Å²) >= 11 is 0. The molecule has 0 aliphatic carbocycles. The molecule has 1 N–H and O–H groups in total. The summed E-state index contributed by atoms with van der Waals surface area (Å²) in [5, 5.41) is 2.82. The van der Waals surface area contributed by atoms with Gasteiger partial charge in [0, 0.05) is 17.7 Å². The summed E-state index contributed by atoms with van der Waals surface area (Å²) in [7, 11) is 0. The molecule has 0 saturated heterocycles. The number of halogens is 2. The van der Waals surface area contributed by atoms with Crippen molar-refractivity contribution in [2.24, 2.45) is 0 Å². The lowest BCUT2D eigenvalue weighted by Gasteiger charge is -2.16. The van der Waals surface area contributed by atoms with Crippen molar-refractivity contribution in [1.29, 1.82) is 0 Å². The van der Waals surface area contributed by atoms with Gasteiger partial charge < -0.3 is 10.1 Å². The number of anilines is 1. The van der Waals surface area contributed by atoms with Crippen LogP contribution in [0.25, 0.3) is 0 Å². The van der Waals surface area contributed by atoms with Gasteiger partial charge in [-0.05, 0) is 37.6 Å². The van der Waals surface area contributed by atoms with Gasteiger partial charge in [0.1, 0.15) is 12.4 Å². The first-order valence-corrected chi connectivity index (χ1v) is 7.82. The molecule has 1 amide bonds. The number of ether oxygens (including phenoxy) is 1. The van der Waals surface area contributed by atoms with Crippen molar-refractivity contribution in [3.05, 3.63) is 58.7 Å². The molecule has 2 aromatic carbocycles. The number of rotatable bonds is 6. The second-order valence-corrected chi connectivity index (χ2v) is 5.63. The third-order valence-corrected chi connectivity index (χ3v) is 3.78. The number of benzene rings is 2. The smallest absolute Gasteiger partial charge is 0.267 e. The van der Waals surface area contributed by atoms with E-state index in [9.17, 15) is 13.6 Å². The first-order valence-electron chi connectivity index (χ1n) is 7.82. The van der Waals surface area contributed by atoms with E-state index in [1.807, 2.05) is 19.1 Å². The molecule has 0 heterocycles. The summed E-state index contributed by atoms with van der Waals surface area (Å²) in [4.78, 5) is 11.6. The Balaban J connectivity index is 2.25. The molecule has 24 heavy (non-hydrogen) atoms. The minimum atomic E-state index is -2.60. The molecule has 0 atom stereocenters. The zero-order valence-electron chi connectivity index (χ0n) is 14.0. The van der Waals surface area contributed by atoms with Crippen LogP contribution in [0.15, 0.2) is 36.4 Å². The van der Waals surface area contributed by atoms with Gasteiger partial charge in [-0.2, -0.15) is 0 Å². The van der Waals surface area contributed by atoms with E-state index < -0.39 is 6.43 Å². The van der Waals surface area contributed by atoms with Crippen LogP contribution in [-0.2, 0) is 11.4 Å². The highest BCUT2D eigenvalue weighted by Gasteiger charge is 2.16. The van der Waals surface area contributed by atoms with Gasteiger partial charge in [0.2, 0.25) is 5.91 Å². The van der Waals surface area contributed by atoms with Crippen molar-refractivity contribution in [1.82, 2.24) is 0 Å². The van der Waals surface area contributed by atoms with Gasteiger partial charge in [0.25, 0.3) is 6.43 Å². The average molecular weight is 333 g/mol. The Hall–Kier alpha value is -2.43. The first kappa shape index (κ1) is 17.9. The highest BCUT2D eigenvalue weighted by molar-refractivity contribution is 5.91. The summed E-state index contributed by atoms with van der Waals surface area (Å²) in [5.41, 5.74) is 2.98. The molecule has 0 aromatic heterocycles. The molecule has 128 valence electrons. The van der Waals surface area contributed by atoms with Gasteiger partial charge in [0.15, 0.2) is 0 Å². The van der Waals surface area contributed by atoms with Crippen molar-refractivity contribution >= 4 is 11.6 Å². The van der Waals surface area contributed by atoms with E-state index in [1.54, 1.807) is 32.0 Å². The lowest BCUT2D eigenvalue weighted by molar-refractivity contribution is -0.115. The Labute approximate surface area is 140 Å². The van der Waals surface area contributed by atoms with Gasteiger partial charge in [-0.25, -0.2) is 8.78 Å². The molecule has 0 radical (unpaired) electrons. The van der Waals surface area contributed by atoms with E-state index in [0.717, 1.165) is 16.7 Å². The van der Waals surface area contributed by atoms with Crippen molar-refractivity contribution in [2.45, 2.75) is 40.2 Å². The fourth-order valence-corrected chi connectivity index (χ4v) is 2.37. The summed E-state index contributed by atoms with van der Waals surface area (Å²) < 4.78 is 32.0. The van der Waals surface area contributed by atoms with Crippen LogP contribution in [0.5, 0.6) is 5.75 Å². The van der Waals surface area contributed by atoms with Crippen molar-refractivity contribution < 1.29 is 18.3 Å². The third kappa shape index (κ3) is 4.31. The maximum absolute atomic E-state index is 13.2. The predicted octanol–water partition coefficient (Wildman–Crippen LogP) is 5.17. The summed E-state index contributed by atoms with van der Waals surface area (Å²) in [5.74, 6) is 0.0528. The molecule has 0 spiro atoms. The van der Waals surface area contributed by atoms with Crippen LogP contribution in [0.3, 0.4) is 0 Å². The van der Waals surface area contributed by atoms with Gasteiger partial charge in [-0.3, -0.25) is 4.79 Å². The van der Waals surface area contributed by atoms with Gasteiger partial charge in [0.05, 0.1) is 5.56 Å². The lowest BCUT2D eigenvalue weighted by atomic mass is 10.1. The monoisotopic (exact) mass is 333 g/mol. The Morgan fingerprint density at radius 1 is 1.21 bits per heavy atom. The average Bonchev–Trinajstić information content (AvgIpc) is 2.55. The van der Waals surface area contributed by atoms with Crippen LogP contribution in [0.2, 0.25) is 0 Å². The van der Waals surface area contributed by atoms with E-state index >= 15 is 0 Å². The number of carbonyl (C=O) groups is 1. The zero-order chi connectivity index (χ0) is 17.7. The van der Waals surface area contributed by atoms with Crippen molar-refractivity contribution in [2.75, 3.05) is 5.32 Å². The summed E-state index contributed by atoms with van der Waals surface area (Å²) in [6, 6.07) is 10.2. The molecule has 0 aliphatic rings. The highest BCUT2D eigenvalue weighted by Crippen LogP contribution is 2.31. The van der Waals surface area contributed by atoms with E-state index in [0.29, 0.717) is 12.1 Å². The Morgan fingerprint density at radius 3 is 2.62 bits per heavy atom. The molecule has 2 rings (SSSR count). The van der Waals surface area contributed by atoms with E-state index in [2.05, 4.69) is 5.32 Å². The third-order valence-electron chi connectivity index (χ3n) is 3.78. The maximum Gasteiger partial charge on any atom is 0.267 e. The highest BCUT2D eigenvalue weighted by atomic mass is 19.3. The van der Waals surface area contributed by atoms with Crippen LogP contribution in [0.1, 0.15) is 42.0 Å². The number of amides is 1. The Kier molecular flexibility index (Phi) is 5.90. The molecule has 0 bridgehead atoms. The molecule has 5 heteroatoms. The number of carbonyl (C=O) groups excluding carboxylic acids is 1. The predicted molar refractivity (Wildman–Crippen MR) is 90.6 cm³/mol. The van der Waals surface area contributed by atoms with E-state index in [-0.39, 0.29) is 23.8 Å². The molecular weight excluding hydrogens is 312 g/mol. The SMILES string of the molecule is CCC(=O)Nc1cccc(C)c1COc1ccc(C)cc1C(F)F. The molecule has 0 fully saturated rings. The summed E-state index contributed by atoms with van der Waals surface area (Å²) in [6.07, 6.45) is -2.24. The van der Waals surface area contributed by atoms with Crippen LogP contribution in [0.4, 0.5) is 14.5 Å². The normalized spacial score (nSPS) is 10.8. The Morgan fingerprint density at radius 2 is 1.96 bits per heavy atom. The van der Waals surface area contributed by atoms with Crippen LogP contribution in [-0.4, -0.2) is 5.91 Å². The van der Waals surface area contributed by atoms with Crippen molar-refractivity contribution in [3.8, 4) is 5.75 Å². The minimum Gasteiger partial charge on any atom is -0.488 e. The minimum absolute atomic E-state index is 0.106. The second kappa shape index (κ2) is 7.90. The first-order chi connectivity index (χ1) is 11.4. The fourth-order valence-electron chi connectivity index (χ4n) is 2.37. The number of hydrogen-bond acceptors (Lipinski definition) is 2. The van der Waals surface area contributed by atoms with Crippen LogP contribution < -0.4 is 10.1 Å². The Bertz CT molecular complexity index is 729. The lowest BCUT2D eigenvalue weighted by Crippen LogP contribution is -2.13. The van der Waals surface area contributed by atoms with Crippen LogP contribution >= 0.6 is 0 Å². The number of alkyl halides is 2. The molecule has 0 unspecified atom stereocenters. The molecule has 0 aliphatic heterocycles. The van der Waals surface area contributed by atoms with E-state index in [4.69, 9.17) is 4.74 Å². The number of aryl methyl sites for hydroxylation is 2. The molecule has 3 nitrogen and oxygen atoms in total. The van der Waals surface area contributed by atoms with Crippen LogP contribution in [0, 0.1) is 13.8 Å². The second-order valence-electron chi connectivity index (χ2n) is 5.63. The topological polar surface area (TPSA) is 38.3 Å². The maximum atomic E-state index is 13.2. The van der Waals surface area contributed by atoms with Gasteiger partial charge in [-0.1, -0.05) is 30.7 Å². The van der Waals surface area contributed by atoms with Gasteiger partial charge >= 0.3 is 0 Å². The van der Waals surface area contributed by atoms with E-state index in [1.165, 1.54) is 6.07 Å².